The number of ether oxygens (including phenoxy) is 6. The van der Waals surface area contributed by atoms with Crippen molar-refractivity contribution in [3.05, 3.63) is 72.9 Å². The zero-order chi connectivity index (χ0) is 47.8. The third-order valence-corrected chi connectivity index (χ3v) is 8.41. The Morgan fingerprint density at radius 1 is 0.413 bits per heavy atom. The molecule has 0 fully saturated rings. The van der Waals surface area contributed by atoms with Crippen molar-refractivity contribution < 1.29 is 57.2 Å². The molecule has 1 rings (SSSR count). The Labute approximate surface area is 371 Å². The highest BCUT2D eigenvalue weighted by Crippen LogP contribution is 2.23. The van der Waals surface area contributed by atoms with Crippen LogP contribution in [0.3, 0.4) is 0 Å². The SMILES string of the molecule is C=C(C)C(=O)OCCCCN(CCCCOC(=O)C(=C)C)c1nc(N(CCOC(=O)C(=C)C)CCOC(=O)C(=C)C)nc(N(CC(C)OC(=O)C(=C)C)CC(C)OC(=O)C(=C)C)n1. The number of esters is 6. The van der Waals surface area contributed by atoms with Crippen LogP contribution in [0, 0.1) is 0 Å². The van der Waals surface area contributed by atoms with Crippen molar-refractivity contribution >= 4 is 53.7 Å². The Bertz CT molecular complexity index is 1760. The highest BCUT2D eigenvalue weighted by Gasteiger charge is 2.26. The molecule has 2 unspecified atom stereocenters. The number of carbonyl (C=O) groups excluding carboxylic acids is 6. The highest BCUT2D eigenvalue weighted by atomic mass is 16.6. The standard InChI is InChI=1S/C45H66N6O12/c1-29(2)37(52)58-23-17-15-19-49(20-16-18-24-59-38(53)30(3)4)43-46-44(50(21-25-60-39(54)31(5)6)22-26-61-40(55)32(7)8)48-45(47-43)51(27-35(13)62-41(56)33(9)10)28-36(14)63-42(57)34(11)12/h35-36H,1,3,5,7,9,11,15-28H2,2,4,6,8,10,12-14H3. The Balaban J connectivity index is 3.98. The second-order valence-electron chi connectivity index (χ2n) is 15.2. The van der Waals surface area contributed by atoms with Gasteiger partial charge in [-0.3, -0.25) is 0 Å². The van der Waals surface area contributed by atoms with Gasteiger partial charge in [-0.15, -0.1) is 0 Å². The van der Waals surface area contributed by atoms with E-state index in [1.807, 2.05) is 4.90 Å². The van der Waals surface area contributed by atoms with Gasteiger partial charge in [0.1, 0.15) is 25.4 Å². The first kappa shape index (κ1) is 54.7. The molecule has 63 heavy (non-hydrogen) atoms. The minimum Gasteiger partial charge on any atom is -0.462 e. The van der Waals surface area contributed by atoms with Gasteiger partial charge in [0.05, 0.1) is 39.4 Å². The molecule has 0 amide bonds. The van der Waals surface area contributed by atoms with Gasteiger partial charge in [-0.1, -0.05) is 39.5 Å². The lowest BCUT2D eigenvalue weighted by atomic mass is 10.2. The summed E-state index contributed by atoms with van der Waals surface area (Å²) < 4.78 is 32.7. The molecule has 1 heterocycles. The van der Waals surface area contributed by atoms with Gasteiger partial charge in [-0.2, -0.15) is 15.0 Å². The summed E-state index contributed by atoms with van der Waals surface area (Å²) >= 11 is 0. The number of unbranched alkanes of at least 4 members (excludes halogenated alkanes) is 2. The summed E-state index contributed by atoms with van der Waals surface area (Å²) in [5.74, 6) is -3.09. The lowest BCUT2D eigenvalue weighted by Crippen LogP contribution is -2.41. The van der Waals surface area contributed by atoms with Gasteiger partial charge in [-0.25, -0.2) is 28.8 Å². The average molecular weight is 883 g/mol. The smallest absolute Gasteiger partial charge is 0.333 e. The summed E-state index contributed by atoms with van der Waals surface area (Å²) in [4.78, 5) is 93.9. The van der Waals surface area contributed by atoms with E-state index >= 15 is 0 Å². The van der Waals surface area contributed by atoms with Gasteiger partial charge in [0, 0.05) is 46.5 Å². The molecule has 0 saturated carbocycles. The summed E-state index contributed by atoms with van der Waals surface area (Å²) in [6, 6.07) is 0. The number of aromatic nitrogens is 3. The first-order valence-corrected chi connectivity index (χ1v) is 20.6. The lowest BCUT2D eigenvalue weighted by Gasteiger charge is -2.31. The van der Waals surface area contributed by atoms with Crippen molar-refractivity contribution in [3.8, 4) is 0 Å². The molecular weight excluding hydrogens is 817 g/mol. The molecule has 0 radical (unpaired) electrons. The van der Waals surface area contributed by atoms with E-state index < -0.39 is 48.0 Å². The fourth-order valence-corrected chi connectivity index (χ4v) is 5.02. The van der Waals surface area contributed by atoms with Crippen molar-refractivity contribution in [3.63, 3.8) is 0 Å². The fraction of sp³-hybridized carbons (Fsp3) is 0.533. The lowest BCUT2D eigenvalue weighted by molar-refractivity contribution is -0.143. The first-order chi connectivity index (χ1) is 29.5. The number of rotatable bonds is 31. The third-order valence-electron chi connectivity index (χ3n) is 8.41. The molecule has 0 bridgehead atoms. The molecule has 0 saturated heterocycles. The Morgan fingerprint density at radius 2 is 0.683 bits per heavy atom. The van der Waals surface area contributed by atoms with Gasteiger partial charge in [0.15, 0.2) is 0 Å². The van der Waals surface area contributed by atoms with Crippen molar-refractivity contribution in [1.29, 1.82) is 0 Å². The number of hydrogen-bond acceptors (Lipinski definition) is 18. The van der Waals surface area contributed by atoms with Crippen molar-refractivity contribution in [2.75, 3.05) is 80.4 Å². The van der Waals surface area contributed by atoms with E-state index in [0.717, 1.165) is 0 Å². The monoisotopic (exact) mass is 882 g/mol. The van der Waals surface area contributed by atoms with Gasteiger partial charge in [0.2, 0.25) is 17.8 Å². The Kier molecular flexibility index (Phi) is 24.6. The van der Waals surface area contributed by atoms with Gasteiger partial charge in [-0.05, 0) is 81.1 Å². The summed E-state index contributed by atoms with van der Waals surface area (Å²) in [5.41, 5.74) is 1.33. The van der Waals surface area contributed by atoms with Crippen LogP contribution in [0.2, 0.25) is 0 Å². The molecule has 1 aromatic rings. The summed E-state index contributed by atoms with van der Waals surface area (Å²) in [5, 5.41) is 0. The largest absolute Gasteiger partial charge is 0.462 e. The van der Waals surface area contributed by atoms with Gasteiger partial charge in [0.25, 0.3) is 0 Å². The summed E-state index contributed by atoms with van der Waals surface area (Å²) in [7, 11) is 0. The van der Waals surface area contributed by atoms with E-state index in [1.165, 1.54) is 27.7 Å². The Morgan fingerprint density at radius 3 is 0.984 bits per heavy atom. The molecule has 1 aromatic heterocycles. The zero-order valence-electron chi connectivity index (χ0n) is 38.4. The molecule has 0 aliphatic carbocycles. The van der Waals surface area contributed by atoms with Crippen LogP contribution < -0.4 is 14.7 Å². The van der Waals surface area contributed by atoms with Crippen molar-refractivity contribution in [2.24, 2.45) is 0 Å². The molecule has 2 atom stereocenters. The molecule has 18 nitrogen and oxygen atoms in total. The predicted octanol–water partition coefficient (Wildman–Crippen LogP) is 5.34. The second-order valence-corrected chi connectivity index (χ2v) is 15.2. The van der Waals surface area contributed by atoms with E-state index in [0.29, 0.717) is 38.8 Å². The number of hydrogen-bond donors (Lipinski definition) is 0. The highest BCUT2D eigenvalue weighted by molar-refractivity contribution is 5.89. The van der Waals surface area contributed by atoms with E-state index in [-0.39, 0.29) is 104 Å². The van der Waals surface area contributed by atoms with Crippen molar-refractivity contribution in [2.45, 2.75) is 93.3 Å². The van der Waals surface area contributed by atoms with Gasteiger partial charge < -0.3 is 43.1 Å². The normalized spacial score (nSPS) is 11.4. The van der Waals surface area contributed by atoms with E-state index in [4.69, 9.17) is 43.4 Å². The van der Waals surface area contributed by atoms with Crippen LogP contribution in [-0.2, 0) is 57.2 Å². The van der Waals surface area contributed by atoms with Crippen LogP contribution in [0.25, 0.3) is 0 Å². The van der Waals surface area contributed by atoms with E-state index in [2.05, 4.69) is 39.5 Å². The van der Waals surface area contributed by atoms with Crippen LogP contribution in [0.4, 0.5) is 17.8 Å². The quantitative estimate of drug-likeness (QED) is 0.0399. The number of carbonyl (C=O) groups is 6. The van der Waals surface area contributed by atoms with Crippen molar-refractivity contribution in [1.82, 2.24) is 15.0 Å². The predicted molar refractivity (Wildman–Crippen MR) is 239 cm³/mol. The maximum Gasteiger partial charge on any atom is 0.333 e. The topological polar surface area (TPSA) is 206 Å². The molecule has 348 valence electrons. The first-order valence-electron chi connectivity index (χ1n) is 20.6. The molecule has 0 spiro atoms. The number of anilines is 3. The second kappa shape index (κ2) is 28.3. The van der Waals surface area contributed by atoms with Gasteiger partial charge >= 0.3 is 35.8 Å². The minimum absolute atomic E-state index is 0.0193. The minimum atomic E-state index is -0.749. The average Bonchev–Trinajstić information content (AvgIpc) is 3.20. The third kappa shape index (κ3) is 21.8. The number of nitrogens with zero attached hydrogens (tertiary/aromatic N) is 6. The summed E-state index contributed by atoms with van der Waals surface area (Å²) in [6.07, 6.45) is 0.505. The molecular formula is C45H66N6O12. The van der Waals surface area contributed by atoms with E-state index in [9.17, 15) is 28.8 Å². The Hall–Kier alpha value is -6.33. The van der Waals surface area contributed by atoms with Crippen LogP contribution in [0.5, 0.6) is 0 Å². The molecule has 0 N–H and O–H groups in total. The fourth-order valence-electron chi connectivity index (χ4n) is 5.02. The molecule has 0 aromatic carbocycles. The van der Waals surface area contributed by atoms with Crippen LogP contribution >= 0.6 is 0 Å². The van der Waals surface area contributed by atoms with Crippen LogP contribution in [-0.4, -0.2) is 129 Å². The van der Waals surface area contributed by atoms with Crippen LogP contribution in [0.1, 0.15) is 81.1 Å². The summed E-state index contributed by atoms with van der Waals surface area (Å²) in [6.45, 7) is 35.3. The van der Waals surface area contributed by atoms with E-state index in [1.54, 1.807) is 37.5 Å². The zero-order valence-corrected chi connectivity index (χ0v) is 38.4. The molecule has 18 heteroatoms. The molecule has 0 aliphatic rings. The maximum absolute atomic E-state index is 12.6. The molecule has 0 aliphatic heterocycles. The van der Waals surface area contributed by atoms with Crippen LogP contribution in [0.15, 0.2) is 72.9 Å². The maximum atomic E-state index is 12.6.